The summed E-state index contributed by atoms with van der Waals surface area (Å²) in [7, 11) is 1.83. The molecule has 1 heterocycles. The number of aromatic nitrogens is 2. The molecule has 0 aliphatic heterocycles. The largest absolute Gasteiger partial charge is 0.351 e. The Morgan fingerprint density at radius 2 is 2.19 bits per heavy atom. The number of aryl methyl sites for hydroxylation is 1. The minimum atomic E-state index is -0.0591. The van der Waals surface area contributed by atoms with Crippen molar-refractivity contribution < 1.29 is 4.79 Å². The average molecular weight is 224 g/mol. The fourth-order valence-electron chi connectivity index (χ4n) is 1.35. The van der Waals surface area contributed by atoms with Gasteiger partial charge in [0.1, 0.15) is 0 Å². The number of carbonyl (C=O) groups is 1. The molecule has 0 saturated carbocycles. The van der Waals surface area contributed by atoms with Gasteiger partial charge in [-0.15, -0.1) is 0 Å². The molecular weight excluding hydrogens is 204 g/mol. The van der Waals surface area contributed by atoms with E-state index < -0.39 is 0 Å². The fraction of sp³-hybridized carbons (Fsp3) is 0.636. The molecule has 0 aliphatic carbocycles. The van der Waals surface area contributed by atoms with Crippen LogP contribution in [0.25, 0.3) is 0 Å². The van der Waals surface area contributed by atoms with Crippen molar-refractivity contribution in [2.75, 3.05) is 13.1 Å². The van der Waals surface area contributed by atoms with Crippen molar-refractivity contribution in [1.29, 1.82) is 0 Å². The zero-order valence-corrected chi connectivity index (χ0v) is 10.4. The van der Waals surface area contributed by atoms with E-state index in [9.17, 15) is 4.79 Å². The maximum atomic E-state index is 11.7. The predicted octanol–water partition coefficient (Wildman–Crippen LogP) is 0.456. The maximum Gasteiger partial charge on any atom is 0.254 e. The SMILES string of the molecule is Cc1c(C(=O)NCCNC(C)C)cnn1C. The molecule has 2 N–H and O–H groups in total. The Labute approximate surface area is 96.2 Å². The Kier molecular flexibility index (Phi) is 4.49. The summed E-state index contributed by atoms with van der Waals surface area (Å²) in [4.78, 5) is 11.7. The Bertz CT molecular complexity index is 357. The molecule has 16 heavy (non-hydrogen) atoms. The average Bonchev–Trinajstić information content (AvgIpc) is 2.54. The van der Waals surface area contributed by atoms with E-state index in [1.807, 2.05) is 14.0 Å². The molecule has 1 aromatic heterocycles. The van der Waals surface area contributed by atoms with Crippen LogP contribution in [-0.4, -0.2) is 34.8 Å². The summed E-state index contributed by atoms with van der Waals surface area (Å²) in [5.74, 6) is -0.0591. The van der Waals surface area contributed by atoms with E-state index >= 15 is 0 Å². The third-order valence-corrected chi connectivity index (χ3v) is 2.44. The number of amides is 1. The molecule has 90 valence electrons. The zero-order chi connectivity index (χ0) is 12.1. The highest BCUT2D eigenvalue weighted by atomic mass is 16.1. The topological polar surface area (TPSA) is 59.0 Å². The Morgan fingerprint density at radius 1 is 1.50 bits per heavy atom. The molecule has 0 unspecified atom stereocenters. The number of rotatable bonds is 5. The first-order valence-corrected chi connectivity index (χ1v) is 5.52. The molecule has 0 atom stereocenters. The third-order valence-electron chi connectivity index (χ3n) is 2.44. The minimum Gasteiger partial charge on any atom is -0.351 e. The lowest BCUT2D eigenvalue weighted by Crippen LogP contribution is -2.34. The molecule has 5 nitrogen and oxygen atoms in total. The van der Waals surface area contributed by atoms with Gasteiger partial charge in [-0.05, 0) is 6.92 Å². The van der Waals surface area contributed by atoms with Crippen molar-refractivity contribution in [1.82, 2.24) is 20.4 Å². The number of nitrogens with one attached hydrogen (secondary N) is 2. The number of carbonyl (C=O) groups excluding carboxylic acids is 1. The van der Waals surface area contributed by atoms with E-state index in [1.165, 1.54) is 0 Å². The van der Waals surface area contributed by atoms with Crippen molar-refractivity contribution >= 4 is 5.91 Å². The van der Waals surface area contributed by atoms with Crippen molar-refractivity contribution in [3.63, 3.8) is 0 Å². The van der Waals surface area contributed by atoms with Crippen LogP contribution in [0.2, 0.25) is 0 Å². The normalized spacial score (nSPS) is 10.8. The summed E-state index contributed by atoms with van der Waals surface area (Å²) in [6.07, 6.45) is 1.60. The van der Waals surface area contributed by atoms with Crippen LogP contribution in [0.15, 0.2) is 6.20 Å². The molecular formula is C11H20N4O. The molecule has 1 amide bonds. The van der Waals surface area contributed by atoms with E-state index in [0.717, 1.165) is 12.2 Å². The summed E-state index contributed by atoms with van der Waals surface area (Å²) in [6.45, 7) is 7.45. The fourth-order valence-corrected chi connectivity index (χ4v) is 1.35. The highest BCUT2D eigenvalue weighted by molar-refractivity contribution is 5.94. The molecule has 0 radical (unpaired) electrons. The Balaban J connectivity index is 2.39. The highest BCUT2D eigenvalue weighted by Gasteiger charge is 2.11. The lowest BCUT2D eigenvalue weighted by molar-refractivity contribution is 0.0953. The second-order valence-electron chi connectivity index (χ2n) is 4.13. The number of nitrogens with zero attached hydrogens (tertiary/aromatic N) is 2. The van der Waals surface area contributed by atoms with Gasteiger partial charge in [-0.3, -0.25) is 9.48 Å². The maximum absolute atomic E-state index is 11.7. The van der Waals surface area contributed by atoms with E-state index in [1.54, 1.807) is 10.9 Å². The van der Waals surface area contributed by atoms with Gasteiger partial charge in [0.05, 0.1) is 11.8 Å². The molecule has 0 saturated heterocycles. The molecule has 0 aromatic carbocycles. The van der Waals surface area contributed by atoms with Crippen LogP contribution in [0, 0.1) is 6.92 Å². The molecule has 5 heteroatoms. The van der Waals surface area contributed by atoms with Gasteiger partial charge >= 0.3 is 0 Å². The smallest absolute Gasteiger partial charge is 0.254 e. The van der Waals surface area contributed by atoms with Crippen molar-refractivity contribution in [2.45, 2.75) is 26.8 Å². The first-order valence-electron chi connectivity index (χ1n) is 5.52. The second kappa shape index (κ2) is 5.65. The number of hydrogen-bond acceptors (Lipinski definition) is 3. The van der Waals surface area contributed by atoms with Crippen molar-refractivity contribution in [3.8, 4) is 0 Å². The second-order valence-corrected chi connectivity index (χ2v) is 4.13. The molecule has 0 spiro atoms. The van der Waals surface area contributed by atoms with Gasteiger partial charge in [0.25, 0.3) is 5.91 Å². The van der Waals surface area contributed by atoms with Gasteiger partial charge < -0.3 is 10.6 Å². The lowest BCUT2D eigenvalue weighted by atomic mass is 10.2. The van der Waals surface area contributed by atoms with Gasteiger partial charge in [0.2, 0.25) is 0 Å². The Morgan fingerprint density at radius 3 is 2.69 bits per heavy atom. The van der Waals surface area contributed by atoms with Crippen LogP contribution in [-0.2, 0) is 7.05 Å². The van der Waals surface area contributed by atoms with Crippen molar-refractivity contribution in [3.05, 3.63) is 17.5 Å². The summed E-state index contributed by atoms with van der Waals surface area (Å²) in [5, 5.41) is 10.1. The number of hydrogen-bond donors (Lipinski definition) is 2. The van der Waals surface area contributed by atoms with E-state index in [4.69, 9.17) is 0 Å². The quantitative estimate of drug-likeness (QED) is 0.714. The monoisotopic (exact) mass is 224 g/mol. The summed E-state index contributed by atoms with van der Waals surface area (Å²) < 4.78 is 1.70. The van der Waals surface area contributed by atoms with E-state index in [-0.39, 0.29) is 5.91 Å². The van der Waals surface area contributed by atoms with E-state index in [2.05, 4.69) is 29.6 Å². The summed E-state index contributed by atoms with van der Waals surface area (Å²) in [5.41, 5.74) is 1.53. The third kappa shape index (κ3) is 3.34. The van der Waals surface area contributed by atoms with Crippen LogP contribution in [0.1, 0.15) is 29.9 Å². The van der Waals surface area contributed by atoms with Crippen molar-refractivity contribution in [2.24, 2.45) is 7.05 Å². The predicted molar refractivity (Wildman–Crippen MR) is 63.4 cm³/mol. The summed E-state index contributed by atoms with van der Waals surface area (Å²) >= 11 is 0. The molecule has 1 aromatic rings. The lowest BCUT2D eigenvalue weighted by Gasteiger charge is -2.08. The van der Waals surface area contributed by atoms with Gasteiger partial charge in [-0.2, -0.15) is 5.10 Å². The zero-order valence-electron chi connectivity index (χ0n) is 10.4. The molecule has 0 aliphatic rings. The highest BCUT2D eigenvalue weighted by Crippen LogP contribution is 2.04. The van der Waals surface area contributed by atoms with Crippen LogP contribution < -0.4 is 10.6 Å². The molecule has 0 fully saturated rings. The van der Waals surface area contributed by atoms with Gasteiger partial charge in [-0.1, -0.05) is 13.8 Å². The van der Waals surface area contributed by atoms with Crippen LogP contribution in [0.5, 0.6) is 0 Å². The molecule has 0 bridgehead atoms. The first kappa shape index (κ1) is 12.7. The van der Waals surface area contributed by atoms with E-state index in [0.29, 0.717) is 18.2 Å². The standard InChI is InChI=1S/C11H20N4O/c1-8(2)12-5-6-13-11(16)10-7-14-15(4)9(10)3/h7-8,12H,5-6H2,1-4H3,(H,13,16). The minimum absolute atomic E-state index is 0.0591. The molecule has 1 rings (SSSR count). The first-order chi connectivity index (χ1) is 7.52. The van der Waals surface area contributed by atoms with Crippen LogP contribution >= 0.6 is 0 Å². The van der Waals surface area contributed by atoms with Gasteiger partial charge in [0.15, 0.2) is 0 Å². The van der Waals surface area contributed by atoms with Gasteiger partial charge in [-0.25, -0.2) is 0 Å². The van der Waals surface area contributed by atoms with Crippen LogP contribution in [0.4, 0.5) is 0 Å². The van der Waals surface area contributed by atoms with Crippen LogP contribution in [0.3, 0.4) is 0 Å². The van der Waals surface area contributed by atoms with Gasteiger partial charge in [0, 0.05) is 31.9 Å². The Hall–Kier alpha value is -1.36. The summed E-state index contributed by atoms with van der Waals surface area (Å²) in [6, 6.07) is 0.442.